The third kappa shape index (κ3) is 2.57. The van der Waals surface area contributed by atoms with Crippen LogP contribution in [0.15, 0.2) is 18.5 Å². The highest BCUT2D eigenvalue weighted by atomic mass is 16.3. The molecule has 2 aromatic rings. The number of carbonyl (C=O) groups excluding carboxylic acids is 1. The van der Waals surface area contributed by atoms with Gasteiger partial charge in [0.25, 0.3) is 5.91 Å². The van der Waals surface area contributed by atoms with Crippen LogP contribution in [0.25, 0.3) is 0 Å². The topological polar surface area (TPSA) is 80.0 Å². The molecule has 0 saturated heterocycles. The molecule has 6 nitrogen and oxygen atoms in total. The second-order valence-corrected chi connectivity index (χ2v) is 4.35. The van der Waals surface area contributed by atoms with E-state index in [1.54, 1.807) is 4.68 Å². The average molecular weight is 260 g/mol. The first kappa shape index (κ1) is 13.1. The number of aromatic nitrogens is 3. The van der Waals surface area contributed by atoms with Crippen molar-refractivity contribution in [2.45, 2.75) is 20.4 Å². The molecule has 2 N–H and O–H groups in total. The lowest BCUT2D eigenvalue weighted by molar-refractivity contribution is 0.0948. The molecule has 0 spiro atoms. The number of hydrogen-bond donors (Lipinski definition) is 2. The van der Waals surface area contributed by atoms with E-state index in [0.29, 0.717) is 6.54 Å². The molecule has 0 atom stereocenters. The van der Waals surface area contributed by atoms with Crippen molar-refractivity contribution in [3.63, 3.8) is 0 Å². The van der Waals surface area contributed by atoms with Crippen molar-refractivity contribution >= 4 is 5.91 Å². The number of aromatic hydroxyl groups is 1. The molecule has 0 aromatic carbocycles. The summed E-state index contributed by atoms with van der Waals surface area (Å²) in [6, 6.07) is 1.48. The zero-order valence-electron chi connectivity index (χ0n) is 11.1. The van der Waals surface area contributed by atoms with Crippen LogP contribution in [0.4, 0.5) is 0 Å². The highest BCUT2D eigenvalue weighted by Gasteiger charge is 2.13. The molecule has 0 fully saturated rings. The minimum absolute atomic E-state index is 0.125. The molecule has 2 rings (SSSR count). The minimum atomic E-state index is -0.331. The Kier molecular flexibility index (Phi) is 3.50. The summed E-state index contributed by atoms with van der Waals surface area (Å²) in [5.74, 6) is -0.456. The summed E-state index contributed by atoms with van der Waals surface area (Å²) in [7, 11) is 1.86. The van der Waals surface area contributed by atoms with Crippen LogP contribution in [0.3, 0.4) is 0 Å². The van der Waals surface area contributed by atoms with Gasteiger partial charge < -0.3 is 10.4 Å². The van der Waals surface area contributed by atoms with E-state index in [1.165, 1.54) is 18.5 Å². The van der Waals surface area contributed by atoms with Crippen molar-refractivity contribution in [2.24, 2.45) is 7.05 Å². The fourth-order valence-electron chi connectivity index (χ4n) is 1.92. The fraction of sp³-hybridized carbons (Fsp3) is 0.308. The van der Waals surface area contributed by atoms with Crippen molar-refractivity contribution in [3.8, 4) is 5.75 Å². The Morgan fingerprint density at radius 3 is 2.79 bits per heavy atom. The lowest BCUT2D eigenvalue weighted by Gasteiger charge is -2.07. The minimum Gasteiger partial charge on any atom is -0.505 e. The second-order valence-electron chi connectivity index (χ2n) is 4.35. The van der Waals surface area contributed by atoms with E-state index in [4.69, 9.17) is 0 Å². The highest BCUT2D eigenvalue weighted by Crippen LogP contribution is 2.15. The van der Waals surface area contributed by atoms with Crippen LogP contribution in [0.2, 0.25) is 0 Å². The zero-order valence-corrected chi connectivity index (χ0v) is 11.1. The van der Waals surface area contributed by atoms with Crippen LogP contribution in [0, 0.1) is 13.8 Å². The van der Waals surface area contributed by atoms with Gasteiger partial charge in [-0.3, -0.25) is 14.5 Å². The number of nitrogens with zero attached hydrogens (tertiary/aromatic N) is 3. The van der Waals surface area contributed by atoms with Gasteiger partial charge in [0.15, 0.2) is 0 Å². The van der Waals surface area contributed by atoms with E-state index < -0.39 is 0 Å². The number of hydrogen-bond acceptors (Lipinski definition) is 4. The van der Waals surface area contributed by atoms with Crippen molar-refractivity contribution in [2.75, 3.05) is 0 Å². The Hall–Kier alpha value is -2.37. The van der Waals surface area contributed by atoms with Crippen molar-refractivity contribution in [3.05, 3.63) is 41.0 Å². The predicted octanol–water partition coefficient (Wildman–Crippen LogP) is 1.07. The normalized spacial score (nSPS) is 10.5. The Labute approximate surface area is 111 Å². The van der Waals surface area contributed by atoms with Gasteiger partial charge in [0.05, 0.1) is 17.5 Å². The lowest BCUT2D eigenvalue weighted by atomic mass is 10.2. The van der Waals surface area contributed by atoms with Gasteiger partial charge in [-0.05, 0) is 19.9 Å². The Bertz CT molecular complexity index is 619. The smallest absolute Gasteiger partial charge is 0.255 e. The van der Waals surface area contributed by atoms with Gasteiger partial charge >= 0.3 is 0 Å². The molecule has 19 heavy (non-hydrogen) atoms. The summed E-state index contributed by atoms with van der Waals surface area (Å²) in [5, 5.41) is 16.6. The van der Waals surface area contributed by atoms with E-state index in [2.05, 4.69) is 15.4 Å². The van der Waals surface area contributed by atoms with Gasteiger partial charge in [0.1, 0.15) is 5.75 Å². The standard InChI is InChI=1S/C13H16N4O2/c1-8-11(9(2)17(3)16-8)6-15-13(19)10-4-5-14-7-12(10)18/h4-5,7,18H,6H2,1-3H3,(H,15,19). The summed E-state index contributed by atoms with van der Waals surface area (Å²) >= 11 is 0. The third-order valence-corrected chi connectivity index (χ3v) is 3.13. The van der Waals surface area contributed by atoms with E-state index in [9.17, 15) is 9.90 Å². The zero-order chi connectivity index (χ0) is 14.0. The molecule has 100 valence electrons. The van der Waals surface area contributed by atoms with Crippen LogP contribution >= 0.6 is 0 Å². The molecule has 0 aliphatic carbocycles. The van der Waals surface area contributed by atoms with Gasteiger partial charge in [-0.2, -0.15) is 5.10 Å². The molecular weight excluding hydrogens is 244 g/mol. The molecule has 0 aliphatic heterocycles. The lowest BCUT2D eigenvalue weighted by Crippen LogP contribution is -2.23. The Balaban J connectivity index is 2.11. The molecule has 1 amide bonds. The highest BCUT2D eigenvalue weighted by molar-refractivity contribution is 5.96. The molecule has 0 aliphatic rings. The van der Waals surface area contributed by atoms with Crippen molar-refractivity contribution in [1.82, 2.24) is 20.1 Å². The van der Waals surface area contributed by atoms with Crippen molar-refractivity contribution in [1.29, 1.82) is 0 Å². The van der Waals surface area contributed by atoms with Gasteiger partial charge in [-0.1, -0.05) is 0 Å². The first-order chi connectivity index (χ1) is 9.00. The number of amides is 1. The SMILES string of the molecule is Cc1nn(C)c(C)c1CNC(=O)c1ccncc1O. The molecule has 2 aromatic heterocycles. The quantitative estimate of drug-likeness (QED) is 0.865. The maximum Gasteiger partial charge on any atom is 0.255 e. The summed E-state index contributed by atoms with van der Waals surface area (Å²) in [5.41, 5.74) is 3.11. The van der Waals surface area contributed by atoms with Crippen LogP contribution in [0.5, 0.6) is 5.75 Å². The first-order valence-electron chi connectivity index (χ1n) is 5.91. The molecule has 6 heteroatoms. The maximum atomic E-state index is 11.9. The number of pyridine rings is 1. The van der Waals surface area contributed by atoms with Gasteiger partial charge in [0, 0.05) is 31.0 Å². The van der Waals surface area contributed by atoms with Crippen LogP contribution in [-0.4, -0.2) is 25.8 Å². The summed E-state index contributed by atoms with van der Waals surface area (Å²) in [6.07, 6.45) is 2.71. The van der Waals surface area contributed by atoms with Gasteiger partial charge in [-0.15, -0.1) is 0 Å². The number of carbonyl (C=O) groups is 1. The third-order valence-electron chi connectivity index (χ3n) is 3.13. The largest absolute Gasteiger partial charge is 0.505 e. The van der Waals surface area contributed by atoms with Gasteiger partial charge in [0.2, 0.25) is 0 Å². The fourth-order valence-corrected chi connectivity index (χ4v) is 1.92. The molecule has 0 radical (unpaired) electrons. The average Bonchev–Trinajstić information content (AvgIpc) is 2.61. The van der Waals surface area contributed by atoms with E-state index in [-0.39, 0.29) is 17.2 Å². The summed E-state index contributed by atoms with van der Waals surface area (Å²) in [6.45, 7) is 4.23. The molecular formula is C13H16N4O2. The maximum absolute atomic E-state index is 11.9. The molecule has 0 saturated carbocycles. The number of rotatable bonds is 3. The Morgan fingerprint density at radius 1 is 1.47 bits per heavy atom. The van der Waals surface area contributed by atoms with Crippen LogP contribution in [-0.2, 0) is 13.6 Å². The van der Waals surface area contributed by atoms with E-state index in [0.717, 1.165) is 17.0 Å². The van der Waals surface area contributed by atoms with E-state index >= 15 is 0 Å². The predicted molar refractivity (Wildman–Crippen MR) is 69.8 cm³/mol. The Morgan fingerprint density at radius 2 is 2.21 bits per heavy atom. The molecule has 2 heterocycles. The van der Waals surface area contributed by atoms with Gasteiger partial charge in [-0.25, -0.2) is 0 Å². The second kappa shape index (κ2) is 5.09. The molecule has 0 bridgehead atoms. The monoisotopic (exact) mass is 260 g/mol. The molecule has 0 unspecified atom stereocenters. The number of aryl methyl sites for hydroxylation is 2. The van der Waals surface area contributed by atoms with Crippen LogP contribution < -0.4 is 5.32 Å². The summed E-state index contributed by atoms with van der Waals surface area (Å²) < 4.78 is 1.78. The first-order valence-corrected chi connectivity index (χ1v) is 5.91. The summed E-state index contributed by atoms with van der Waals surface area (Å²) in [4.78, 5) is 15.7. The number of nitrogens with one attached hydrogen (secondary N) is 1. The van der Waals surface area contributed by atoms with E-state index in [1.807, 2.05) is 20.9 Å². The van der Waals surface area contributed by atoms with Crippen molar-refractivity contribution < 1.29 is 9.90 Å². The van der Waals surface area contributed by atoms with Crippen LogP contribution in [0.1, 0.15) is 27.3 Å².